The first kappa shape index (κ1) is 19.9. The predicted octanol–water partition coefficient (Wildman–Crippen LogP) is 3.04. The molecule has 1 aliphatic heterocycles. The van der Waals surface area contributed by atoms with Crippen molar-refractivity contribution >= 4 is 5.91 Å². The van der Waals surface area contributed by atoms with Gasteiger partial charge in [-0.1, -0.05) is 35.5 Å². The van der Waals surface area contributed by atoms with Gasteiger partial charge in [0.2, 0.25) is 5.89 Å². The van der Waals surface area contributed by atoms with Gasteiger partial charge in [-0.25, -0.2) is 0 Å². The predicted molar refractivity (Wildman–Crippen MR) is 115 cm³/mol. The molecule has 3 atom stereocenters. The highest BCUT2D eigenvalue weighted by Gasteiger charge is 2.57. The Hall–Kier alpha value is -3.06. The molecule has 1 N–H and O–H groups in total. The molecule has 1 saturated heterocycles. The smallest absolute Gasteiger partial charge is 0.251 e. The van der Waals surface area contributed by atoms with Gasteiger partial charge >= 0.3 is 0 Å². The van der Waals surface area contributed by atoms with Crippen molar-refractivity contribution in [1.82, 2.24) is 25.3 Å². The molecule has 3 aromatic rings. The highest BCUT2D eigenvalue weighted by Crippen LogP contribution is 2.50. The van der Waals surface area contributed by atoms with Gasteiger partial charge in [0.15, 0.2) is 5.82 Å². The molecule has 7 heteroatoms. The molecule has 1 amide bonds. The normalized spacial score (nSPS) is 25.5. The molecule has 3 unspecified atom stereocenters. The van der Waals surface area contributed by atoms with Crippen LogP contribution in [0.15, 0.2) is 53.2 Å². The Bertz CT molecular complexity index is 1080. The number of nitrogens with one attached hydrogen (secondary N) is 1. The van der Waals surface area contributed by atoms with E-state index in [1.165, 1.54) is 5.56 Å². The largest absolute Gasteiger partial charge is 0.349 e. The maximum Gasteiger partial charge on any atom is 0.251 e. The van der Waals surface area contributed by atoms with Crippen LogP contribution in [0.25, 0.3) is 0 Å². The summed E-state index contributed by atoms with van der Waals surface area (Å²) >= 11 is 0. The van der Waals surface area contributed by atoms with Gasteiger partial charge in [0.05, 0.1) is 5.41 Å². The lowest BCUT2D eigenvalue weighted by Gasteiger charge is -2.25. The molecular formula is C24H27N5O2. The van der Waals surface area contributed by atoms with E-state index in [9.17, 15) is 4.79 Å². The summed E-state index contributed by atoms with van der Waals surface area (Å²) in [5.74, 6) is 1.68. The lowest BCUT2D eigenvalue weighted by Crippen LogP contribution is -2.38. The van der Waals surface area contributed by atoms with Gasteiger partial charge in [0.25, 0.3) is 5.91 Å². The third kappa shape index (κ3) is 3.85. The van der Waals surface area contributed by atoms with Crippen molar-refractivity contribution in [3.8, 4) is 0 Å². The fourth-order valence-corrected chi connectivity index (χ4v) is 5.33. The molecule has 1 saturated carbocycles. The van der Waals surface area contributed by atoms with Crippen LogP contribution in [-0.4, -0.2) is 45.1 Å². The molecule has 1 aliphatic carbocycles. The monoisotopic (exact) mass is 417 g/mol. The minimum atomic E-state index is -0.220. The zero-order chi connectivity index (χ0) is 21.4. The standard InChI is InChI=1S/C24H27N5O2/c1-16-10-19(8-9-25-16)22(30)27-21-11-20-14-29(13-18-6-4-3-5-7-18)15-24(20,12-21)23-26-17(2)28-31-23/h3-10,20-21H,11-15H2,1-2H3,(H,27,30). The van der Waals surface area contributed by atoms with Gasteiger partial charge in [-0.2, -0.15) is 4.98 Å². The summed E-state index contributed by atoms with van der Waals surface area (Å²) < 4.78 is 5.70. The summed E-state index contributed by atoms with van der Waals surface area (Å²) in [7, 11) is 0. The third-order valence-corrected chi connectivity index (χ3v) is 6.64. The van der Waals surface area contributed by atoms with E-state index >= 15 is 0 Å². The zero-order valence-electron chi connectivity index (χ0n) is 17.9. The number of hydrogen-bond donors (Lipinski definition) is 1. The average Bonchev–Trinajstić information content (AvgIpc) is 3.41. The SMILES string of the molecule is Cc1cc(C(=O)NC2CC3CN(Cc4ccccc4)CC3(c3nc(C)no3)C2)ccn1. The molecule has 0 radical (unpaired) electrons. The van der Waals surface area contributed by atoms with Gasteiger partial charge in [-0.15, -0.1) is 0 Å². The van der Waals surface area contributed by atoms with E-state index in [0.29, 0.717) is 23.2 Å². The second-order valence-electron chi connectivity index (χ2n) is 8.95. The van der Waals surface area contributed by atoms with E-state index in [0.717, 1.165) is 38.2 Å². The minimum absolute atomic E-state index is 0.0477. The Morgan fingerprint density at radius 1 is 1.26 bits per heavy atom. The average molecular weight is 418 g/mol. The van der Waals surface area contributed by atoms with Crippen LogP contribution in [0.5, 0.6) is 0 Å². The molecule has 160 valence electrons. The van der Waals surface area contributed by atoms with E-state index in [4.69, 9.17) is 4.52 Å². The van der Waals surface area contributed by atoms with Crippen LogP contribution in [0.4, 0.5) is 0 Å². The highest BCUT2D eigenvalue weighted by atomic mass is 16.5. The first-order chi connectivity index (χ1) is 15.0. The molecule has 3 heterocycles. The third-order valence-electron chi connectivity index (χ3n) is 6.64. The molecule has 5 rings (SSSR count). The number of hydrogen-bond acceptors (Lipinski definition) is 6. The Balaban J connectivity index is 1.35. The number of rotatable bonds is 5. The van der Waals surface area contributed by atoms with E-state index in [1.54, 1.807) is 12.3 Å². The maximum absolute atomic E-state index is 12.8. The van der Waals surface area contributed by atoms with Crippen LogP contribution in [0.1, 0.15) is 46.2 Å². The van der Waals surface area contributed by atoms with Crippen molar-refractivity contribution in [2.45, 2.75) is 44.7 Å². The Morgan fingerprint density at radius 3 is 2.84 bits per heavy atom. The van der Waals surface area contributed by atoms with Crippen LogP contribution in [0.3, 0.4) is 0 Å². The van der Waals surface area contributed by atoms with Crippen molar-refractivity contribution in [1.29, 1.82) is 0 Å². The Morgan fingerprint density at radius 2 is 2.10 bits per heavy atom. The van der Waals surface area contributed by atoms with Gasteiger partial charge in [0, 0.05) is 43.1 Å². The number of pyridine rings is 1. The maximum atomic E-state index is 12.8. The van der Waals surface area contributed by atoms with E-state index in [1.807, 2.05) is 26.0 Å². The summed E-state index contributed by atoms with van der Waals surface area (Å²) in [5, 5.41) is 7.31. The lowest BCUT2D eigenvalue weighted by molar-refractivity contribution is 0.0933. The van der Waals surface area contributed by atoms with Gasteiger partial charge in [0.1, 0.15) is 0 Å². The Kier molecular flexibility index (Phi) is 5.06. The number of aryl methyl sites for hydroxylation is 2. The minimum Gasteiger partial charge on any atom is -0.349 e. The quantitative estimate of drug-likeness (QED) is 0.687. The van der Waals surface area contributed by atoms with E-state index in [-0.39, 0.29) is 17.4 Å². The molecule has 0 spiro atoms. The second kappa shape index (κ2) is 7.89. The van der Waals surface area contributed by atoms with Crippen LogP contribution >= 0.6 is 0 Å². The molecule has 1 aromatic carbocycles. The number of aromatic nitrogens is 3. The molecule has 2 aromatic heterocycles. The first-order valence-electron chi connectivity index (χ1n) is 10.8. The molecule has 31 heavy (non-hydrogen) atoms. The topological polar surface area (TPSA) is 84.2 Å². The van der Waals surface area contributed by atoms with Crippen LogP contribution in [-0.2, 0) is 12.0 Å². The lowest BCUT2D eigenvalue weighted by atomic mass is 9.80. The highest BCUT2D eigenvalue weighted by molar-refractivity contribution is 5.94. The molecule has 0 bridgehead atoms. The van der Waals surface area contributed by atoms with Crippen LogP contribution in [0, 0.1) is 19.8 Å². The number of carbonyl (C=O) groups excluding carboxylic acids is 1. The van der Waals surface area contributed by atoms with Crippen LogP contribution in [0.2, 0.25) is 0 Å². The number of carbonyl (C=O) groups is 1. The number of amides is 1. The summed E-state index contributed by atoms with van der Waals surface area (Å²) in [4.78, 5) is 24.1. The van der Waals surface area contributed by atoms with E-state index < -0.39 is 0 Å². The van der Waals surface area contributed by atoms with Gasteiger partial charge < -0.3 is 9.84 Å². The van der Waals surface area contributed by atoms with Crippen molar-refractivity contribution in [2.75, 3.05) is 13.1 Å². The summed E-state index contributed by atoms with van der Waals surface area (Å²) in [6.07, 6.45) is 3.39. The fourth-order valence-electron chi connectivity index (χ4n) is 5.33. The van der Waals surface area contributed by atoms with Crippen molar-refractivity contribution in [3.63, 3.8) is 0 Å². The second-order valence-corrected chi connectivity index (χ2v) is 8.95. The Labute approximate surface area is 181 Å². The number of likely N-dealkylation sites (tertiary alicyclic amines) is 1. The summed E-state index contributed by atoms with van der Waals surface area (Å²) in [6, 6.07) is 14.2. The molecular weight excluding hydrogens is 390 g/mol. The van der Waals surface area contributed by atoms with Gasteiger partial charge in [-0.3, -0.25) is 14.7 Å². The summed E-state index contributed by atoms with van der Waals surface area (Å²) in [6.45, 7) is 6.46. The first-order valence-corrected chi connectivity index (χ1v) is 10.8. The zero-order valence-corrected chi connectivity index (χ0v) is 17.9. The van der Waals surface area contributed by atoms with Crippen molar-refractivity contribution < 1.29 is 9.32 Å². The van der Waals surface area contributed by atoms with Crippen LogP contribution < -0.4 is 5.32 Å². The van der Waals surface area contributed by atoms with E-state index in [2.05, 4.69) is 49.6 Å². The van der Waals surface area contributed by atoms with Gasteiger partial charge in [-0.05, 0) is 50.3 Å². The molecule has 2 aliphatic rings. The number of benzene rings is 1. The summed E-state index contributed by atoms with van der Waals surface area (Å²) in [5.41, 5.74) is 2.57. The molecule has 7 nitrogen and oxygen atoms in total. The number of nitrogens with zero attached hydrogens (tertiary/aromatic N) is 4. The fraction of sp³-hybridized carbons (Fsp3) is 0.417. The molecule has 2 fully saturated rings. The van der Waals surface area contributed by atoms with Crippen molar-refractivity contribution in [3.05, 3.63) is 77.2 Å². The number of fused-ring (bicyclic) bond motifs is 1. The van der Waals surface area contributed by atoms with Crippen molar-refractivity contribution in [2.24, 2.45) is 5.92 Å².